The molecule has 0 saturated heterocycles. The summed E-state index contributed by atoms with van der Waals surface area (Å²) in [6.45, 7) is 0. The Labute approximate surface area is 86.5 Å². The lowest BCUT2D eigenvalue weighted by Gasteiger charge is -2.07. The molecule has 0 aliphatic carbocycles. The Hall–Kier alpha value is -1.48. The summed E-state index contributed by atoms with van der Waals surface area (Å²) >= 11 is 5.92. The highest BCUT2D eigenvalue weighted by Gasteiger charge is 2.06. The average molecular weight is 209 g/mol. The van der Waals surface area contributed by atoms with Gasteiger partial charge in [0.2, 0.25) is 0 Å². The highest BCUT2D eigenvalue weighted by Crippen LogP contribution is 2.32. The maximum absolute atomic E-state index is 5.92. The van der Waals surface area contributed by atoms with Gasteiger partial charge in [0.15, 0.2) is 0 Å². The number of rotatable bonds is 1. The number of nitrogens with two attached hydrogens (primary N) is 1. The van der Waals surface area contributed by atoms with Crippen molar-refractivity contribution in [1.29, 1.82) is 0 Å². The summed E-state index contributed by atoms with van der Waals surface area (Å²) < 4.78 is 5.10. The molecule has 0 unspecified atom stereocenters. The van der Waals surface area contributed by atoms with E-state index in [0.29, 0.717) is 16.6 Å². The molecule has 1 aromatic carbocycles. The van der Waals surface area contributed by atoms with E-state index in [-0.39, 0.29) is 0 Å². The molecule has 72 valence electrons. The zero-order valence-corrected chi connectivity index (χ0v) is 8.38. The van der Waals surface area contributed by atoms with Crippen molar-refractivity contribution >= 4 is 28.1 Å². The number of methoxy groups -OCH3 is 1. The Morgan fingerprint density at radius 3 is 2.79 bits per heavy atom. The molecular weight excluding hydrogens is 200 g/mol. The van der Waals surface area contributed by atoms with E-state index in [2.05, 4.69) is 4.98 Å². The van der Waals surface area contributed by atoms with Gasteiger partial charge in [0.05, 0.1) is 12.8 Å². The molecule has 0 aliphatic rings. The van der Waals surface area contributed by atoms with Crippen molar-refractivity contribution < 1.29 is 4.74 Å². The molecule has 0 bridgehead atoms. The third-order valence-electron chi connectivity index (χ3n) is 2.12. The number of anilines is 1. The van der Waals surface area contributed by atoms with Crippen molar-refractivity contribution in [2.24, 2.45) is 0 Å². The molecule has 2 aromatic rings. The van der Waals surface area contributed by atoms with Crippen LogP contribution in [0.15, 0.2) is 24.4 Å². The van der Waals surface area contributed by atoms with Gasteiger partial charge in [0.1, 0.15) is 10.9 Å². The fourth-order valence-corrected chi connectivity index (χ4v) is 1.62. The van der Waals surface area contributed by atoms with Crippen molar-refractivity contribution in [3.8, 4) is 5.75 Å². The molecule has 0 saturated carbocycles. The average Bonchev–Trinajstić information content (AvgIpc) is 2.20. The van der Waals surface area contributed by atoms with E-state index in [9.17, 15) is 0 Å². The summed E-state index contributed by atoms with van der Waals surface area (Å²) in [7, 11) is 1.58. The quantitative estimate of drug-likeness (QED) is 0.579. The number of hydrogen-bond donors (Lipinski definition) is 1. The van der Waals surface area contributed by atoms with Gasteiger partial charge in [-0.15, -0.1) is 0 Å². The molecule has 1 heterocycles. The fraction of sp³-hybridized carbons (Fsp3) is 0.100. The van der Waals surface area contributed by atoms with Gasteiger partial charge in [0, 0.05) is 17.0 Å². The van der Waals surface area contributed by atoms with Crippen LogP contribution in [-0.4, -0.2) is 12.1 Å². The molecule has 0 amide bonds. The topological polar surface area (TPSA) is 48.1 Å². The first kappa shape index (κ1) is 9.09. The smallest absolute Gasteiger partial charge is 0.142 e. The minimum absolute atomic E-state index is 0.455. The predicted molar refractivity (Wildman–Crippen MR) is 57.7 cm³/mol. The van der Waals surface area contributed by atoms with E-state index in [1.807, 2.05) is 12.1 Å². The fourth-order valence-electron chi connectivity index (χ4n) is 1.40. The second-order valence-electron chi connectivity index (χ2n) is 2.88. The van der Waals surface area contributed by atoms with E-state index in [1.54, 1.807) is 19.4 Å². The lowest BCUT2D eigenvalue weighted by Crippen LogP contribution is -1.93. The van der Waals surface area contributed by atoms with Gasteiger partial charge in [-0.1, -0.05) is 11.6 Å². The zero-order chi connectivity index (χ0) is 10.1. The standard InChI is InChI=1S/C10H9ClN2O/c1-14-8-3-2-7-6(9(8)12)4-5-13-10(7)11/h2-5H,12H2,1H3. The van der Waals surface area contributed by atoms with Crippen molar-refractivity contribution in [3.63, 3.8) is 0 Å². The Kier molecular flexibility index (Phi) is 2.17. The molecular formula is C10H9ClN2O. The molecule has 14 heavy (non-hydrogen) atoms. The van der Waals surface area contributed by atoms with Crippen LogP contribution in [0.5, 0.6) is 5.75 Å². The van der Waals surface area contributed by atoms with Crippen LogP contribution in [0, 0.1) is 0 Å². The Balaban J connectivity index is 2.84. The van der Waals surface area contributed by atoms with Crippen LogP contribution in [0.2, 0.25) is 5.15 Å². The maximum atomic E-state index is 5.92. The monoisotopic (exact) mass is 208 g/mol. The highest BCUT2D eigenvalue weighted by molar-refractivity contribution is 6.34. The number of aromatic nitrogens is 1. The first-order valence-corrected chi connectivity index (χ1v) is 4.48. The molecule has 0 spiro atoms. The number of hydrogen-bond acceptors (Lipinski definition) is 3. The van der Waals surface area contributed by atoms with Gasteiger partial charge in [-0.3, -0.25) is 0 Å². The van der Waals surface area contributed by atoms with Gasteiger partial charge < -0.3 is 10.5 Å². The van der Waals surface area contributed by atoms with Crippen LogP contribution in [0.25, 0.3) is 10.8 Å². The van der Waals surface area contributed by atoms with Gasteiger partial charge in [0.25, 0.3) is 0 Å². The number of nitrogen functional groups attached to an aromatic ring is 1. The minimum atomic E-state index is 0.455. The third-order valence-corrected chi connectivity index (χ3v) is 2.42. The summed E-state index contributed by atoms with van der Waals surface area (Å²) in [5.74, 6) is 0.653. The van der Waals surface area contributed by atoms with Gasteiger partial charge in [-0.25, -0.2) is 4.98 Å². The third kappa shape index (κ3) is 1.26. The first-order valence-electron chi connectivity index (χ1n) is 4.10. The first-order chi connectivity index (χ1) is 6.74. The van der Waals surface area contributed by atoms with Crippen LogP contribution in [0.1, 0.15) is 0 Å². The molecule has 0 fully saturated rings. The van der Waals surface area contributed by atoms with Crippen LogP contribution >= 0.6 is 11.6 Å². The van der Waals surface area contributed by atoms with E-state index >= 15 is 0 Å². The molecule has 0 radical (unpaired) electrons. The molecule has 3 nitrogen and oxygen atoms in total. The van der Waals surface area contributed by atoms with E-state index in [1.165, 1.54) is 0 Å². The number of halogens is 1. The maximum Gasteiger partial charge on any atom is 0.142 e. The van der Waals surface area contributed by atoms with Crippen LogP contribution in [0.4, 0.5) is 5.69 Å². The molecule has 2 rings (SSSR count). The summed E-state index contributed by atoms with van der Waals surface area (Å²) in [6.07, 6.45) is 1.63. The van der Waals surface area contributed by atoms with Crippen molar-refractivity contribution in [2.75, 3.05) is 12.8 Å². The second-order valence-corrected chi connectivity index (χ2v) is 3.24. The minimum Gasteiger partial charge on any atom is -0.495 e. The largest absolute Gasteiger partial charge is 0.495 e. The van der Waals surface area contributed by atoms with E-state index < -0.39 is 0 Å². The van der Waals surface area contributed by atoms with Crippen LogP contribution in [0.3, 0.4) is 0 Å². The molecule has 4 heteroatoms. The van der Waals surface area contributed by atoms with Crippen molar-refractivity contribution in [1.82, 2.24) is 4.98 Å². The Bertz CT molecular complexity index is 485. The summed E-state index contributed by atoms with van der Waals surface area (Å²) in [4.78, 5) is 3.97. The van der Waals surface area contributed by atoms with E-state index in [0.717, 1.165) is 10.8 Å². The normalized spacial score (nSPS) is 10.4. The Morgan fingerprint density at radius 1 is 1.29 bits per heavy atom. The number of pyridine rings is 1. The van der Waals surface area contributed by atoms with Gasteiger partial charge in [-0.05, 0) is 18.2 Å². The molecule has 2 N–H and O–H groups in total. The van der Waals surface area contributed by atoms with Crippen molar-refractivity contribution in [2.45, 2.75) is 0 Å². The predicted octanol–water partition coefficient (Wildman–Crippen LogP) is 2.48. The molecule has 0 atom stereocenters. The Morgan fingerprint density at radius 2 is 2.07 bits per heavy atom. The van der Waals surface area contributed by atoms with Gasteiger partial charge >= 0.3 is 0 Å². The number of fused-ring (bicyclic) bond motifs is 1. The molecule has 1 aromatic heterocycles. The lowest BCUT2D eigenvalue weighted by atomic mass is 10.1. The SMILES string of the molecule is COc1ccc2c(Cl)nccc2c1N. The molecule has 0 aliphatic heterocycles. The van der Waals surface area contributed by atoms with Gasteiger partial charge in [-0.2, -0.15) is 0 Å². The van der Waals surface area contributed by atoms with E-state index in [4.69, 9.17) is 22.1 Å². The van der Waals surface area contributed by atoms with Crippen LogP contribution < -0.4 is 10.5 Å². The van der Waals surface area contributed by atoms with Crippen LogP contribution in [-0.2, 0) is 0 Å². The lowest BCUT2D eigenvalue weighted by molar-refractivity contribution is 0.417. The number of ether oxygens (including phenoxy) is 1. The summed E-state index contributed by atoms with van der Waals surface area (Å²) in [5, 5.41) is 2.16. The highest BCUT2D eigenvalue weighted by atomic mass is 35.5. The van der Waals surface area contributed by atoms with Crippen molar-refractivity contribution in [3.05, 3.63) is 29.5 Å². The summed E-state index contributed by atoms with van der Waals surface area (Å²) in [6, 6.07) is 5.45. The summed E-state index contributed by atoms with van der Waals surface area (Å²) in [5.41, 5.74) is 6.48. The zero-order valence-electron chi connectivity index (χ0n) is 7.62. The number of benzene rings is 1. The second kappa shape index (κ2) is 3.35. The number of nitrogens with zero attached hydrogens (tertiary/aromatic N) is 1.